The van der Waals surface area contributed by atoms with Gasteiger partial charge in [-0.2, -0.15) is 0 Å². The van der Waals surface area contributed by atoms with Gasteiger partial charge in [-0.15, -0.1) is 17.0 Å². The standard InChI is InChI=1S/C31H35N3O2S2.BrH/c1-30(2,3)23-17-22(18-24-28(23)38(37-36)16-15-31(24,4)5)27(35)20-34-26-14-10-9-13-25(26)33(29(34)32)19-21-11-7-6-8-12-21;/h6-14,17-18,32H,15-16,19-20H2,1-5H3;1H. The quantitative estimate of drug-likeness (QED) is 0.257. The molecule has 0 amide bonds. The van der Waals surface area contributed by atoms with Crippen LogP contribution in [0.5, 0.6) is 0 Å². The molecule has 2 heterocycles. The van der Waals surface area contributed by atoms with Crippen LogP contribution in [-0.2, 0) is 43.6 Å². The van der Waals surface area contributed by atoms with Crippen molar-refractivity contribution in [1.29, 1.82) is 5.41 Å². The Balaban J connectivity index is 0.00000353. The van der Waals surface area contributed by atoms with Crippen LogP contribution in [0.1, 0.15) is 68.1 Å². The van der Waals surface area contributed by atoms with Gasteiger partial charge in [0.1, 0.15) is 10.2 Å². The highest BCUT2D eigenvalue weighted by Gasteiger charge is 2.35. The van der Waals surface area contributed by atoms with Crippen molar-refractivity contribution in [2.75, 3.05) is 5.75 Å². The molecule has 1 aliphatic rings. The van der Waals surface area contributed by atoms with Gasteiger partial charge >= 0.3 is 0 Å². The van der Waals surface area contributed by atoms with Gasteiger partial charge in [0.2, 0.25) is 5.62 Å². The predicted octanol–water partition coefficient (Wildman–Crippen LogP) is 6.52. The molecule has 206 valence electrons. The number of halogens is 1. The number of nitrogens with one attached hydrogen (secondary N) is 1. The molecular weight excluding hydrogens is 590 g/mol. The van der Waals surface area contributed by atoms with Crippen LogP contribution in [-0.4, -0.2) is 24.9 Å². The molecule has 1 aromatic heterocycles. The Morgan fingerprint density at radius 1 is 1.00 bits per heavy atom. The molecule has 5 rings (SSSR count). The molecule has 1 N–H and O–H groups in total. The molecule has 0 fully saturated rings. The van der Waals surface area contributed by atoms with Crippen molar-refractivity contribution in [2.45, 2.75) is 69.9 Å². The zero-order valence-corrected chi connectivity index (χ0v) is 26.5. The van der Waals surface area contributed by atoms with E-state index in [0.717, 1.165) is 44.8 Å². The van der Waals surface area contributed by atoms with Crippen molar-refractivity contribution < 1.29 is 9.00 Å². The first-order valence-corrected chi connectivity index (χ1v) is 15.7. The van der Waals surface area contributed by atoms with E-state index in [4.69, 9.17) is 5.41 Å². The summed E-state index contributed by atoms with van der Waals surface area (Å²) in [5.74, 6) is 0.860. The third-order valence-electron chi connectivity index (χ3n) is 7.63. The van der Waals surface area contributed by atoms with Crippen LogP contribution in [0.3, 0.4) is 0 Å². The lowest BCUT2D eigenvalue weighted by atomic mass is 9.76. The van der Waals surface area contributed by atoms with E-state index >= 15 is 0 Å². The van der Waals surface area contributed by atoms with Crippen LogP contribution in [0.25, 0.3) is 11.0 Å². The summed E-state index contributed by atoms with van der Waals surface area (Å²) in [6.07, 6.45) is 0.929. The average Bonchev–Trinajstić information content (AvgIpc) is 3.14. The Hall–Kier alpha value is -2.55. The minimum Gasteiger partial charge on any atom is -0.306 e. The van der Waals surface area contributed by atoms with Crippen molar-refractivity contribution >= 4 is 53.5 Å². The number of carbonyl (C=O) groups is 1. The molecule has 4 aromatic rings. The minimum absolute atomic E-state index is 0. The van der Waals surface area contributed by atoms with Crippen molar-refractivity contribution in [3.8, 4) is 0 Å². The molecule has 0 saturated carbocycles. The van der Waals surface area contributed by atoms with Crippen LogP contribution in [0, 0.1) is 5.41 Å². The number of aromatic nitrogens is 2. The average molecular weight is 627 g/mol. The number of hydrogen-bond donors (Lipinski definition) is 1. The Kier molecular flexibility index (Phi) is 8.41. The second-order valence-electron chi connectivity index (χ2n) is 11.8. The Morgan fingerprint density at radius 2 is 1.62 bits per heavy atom. The molecule has 0 saturated heterocycles. The van der Waals surface area contributed by atoms with E-state index in [-0.39, 0.29) is 40.1 Å². The summed E-state index contributed by atoms with van der Waals surface area (Å²) in [6.45, 7) is 11.6. The van der Waals surface area contributed by atoms with E-state index in [1.54, 1.807) is 0 Å². The highest BCUT2D eigenvalue weighted by molar-refractivity contribution is 8.93. The van der Waals surface area contributed by atoms with E-state index in [9.17, 15) is 9.00 Å². The molecular formula is C31H36BrN3O2S2. The van der Waals surface area contributed by atoms with Gasteiger partial charge < -0.3 is 9.13 Å². The van der Waals surface area contributed by atoms with Crippen LogP contribution >= 0.6 is 17.0 Å². The maximum atomic E-state index is 13.9. The van der Waals surface area contributed by atoms with Gasteiger partial charge in [-0.3, -0.25) is 10.2 Å². The summed E-state index contributed by atoms with van der Waals surface area (Å²) in [4.78, 5) is 15.1. The minimum atomic E-state index is -0.418. The molecule has 1 atom stereocenters. The number of nitrogens with zero attached hydrogens (tertiary/aromatic N) is 2. The van der Waals surface area contributed by atoms with E-state index in [0.29, 0.717) is 28.0 Å². The Bertz CT molecular complexity index is 1660. The first kappa shape index (κ1) is 29.4. The summed E-state index contributed by atoms with van der Waals surface area (Å²) in [5, 5.41) is 9.02. The maximum Gasteiger partial charge on any atom is 0.203 e. The lowest BCUT2D eigenvalue weighted by Gasteiger charge is -2.37. The fourth-order valence-electron chi connectivity index (χ4n) is 5.36. The Morgan fingerprint density at radius 3 is 2.23 bits per heavy atom. The number of rotatable bonds is 5. The number of imidazole rings is 1. The second-order valence-corrected chi connectivity index (χ2v) is 15.1. The summed E-state index contributed by atoms with van der Waals surface area (Å²) in [6, 6.07) is 22.1. The van der Waals surface area contributed by atoms with E-state index in [1.165, 1.54) is 0 Å². The number of fused-ring (bicyclic) bond motifs is 2. The number of hydrogen-bond acceptors (Lipinski definition) is 3. The molecule has 1 unspecified atom stereocenters. The summed E-state index contributed by atoms with van der Waals surface area (Å²) >= 11 is 0. The van der Waals surface area contributed by atoms with Gasteiger partial charge in [0.05, 0.1) is 24.1 Å². The molecule has 39 heavy (non-hydrogen) atoms. The lowest BCUT2D eigenvalue weighted by molar-refractivity contribution is 0.0971. The number of carbonyl (C=O) groups excluding carboxylic acids is 1. The van der Waals surface area contributed by atoms with Crippen molar-refractivity contribution in [3.05, 3.63) is 94.6 Å². The van der Waals surface area contributed by atoms with Gasteiger partial charge in [0, 0.05) is 16.2 Å². The van der Waals surface area contributed by atoms with Gasteiger partial charge in [-0.1, -0.05) is 86.5 Å². The number of benzene rings is 3. The molecule has 5 nitrogen and oxygen atoms in total. The maximum absolute atomic E-state index is 13.9. The molecule has 0 aliphatic carbocycles. The normalized spacial score (nSPS) is 16.4. The van der Waals surface area contributed by atoms with E-state index < -0.39 is 9.45 Å². The second kappa shape index (κ2) is 11.1. The van der Waals surface area contributed by atoms with Crippen molar-refractivity contribution in [3.63, 3.8) is 0 Å². The lowest BCUT2D eigenvalue weighted by Crippen LogP contribution is -2.32. The fourth-order valence-corrected chi connectivity index (χ4v) is 8.79. The zero-order chi connectivity index (χ0) is 27.2. The van der Waals surface area contributed by atoms with Crippen molar-refractivity contribution in [1.82, 2.24) is 9.13 Å². The largest absolute Gasteiger partial charge is 0.306 e. The molecule has 0 bridgehead atoms. The molecule has 0 spiro atoms. The predicted molar refractivity (Wildman–Crippen MR) is 167 cm³/mol. The number of ketones is 1. The number of Topliss-reactive ketones (excluding diaryl/α,β-unsaturated/α-hetero) is 1. The first-order chi connectivity index (χ1) is 18.0. The molecule has 8 heteroatoms. The van der Waals surface area contributed by atoms with Crippen LogP contribution < -0.4 is 5.62 Å². The number of para-hydroxylation sites is 2. The van der Waals surface area contributed by atoms with Crippen LogP contribution in [0.2, 0.25) is 0 Å². The van der Waals surface area contributed by atoms with E-state index in [1.807, 2.05) is 63.7 Å². The molecule has 1 aliphatic heterocycles. The van der Waals surface area contributed by atoms with Gasteiger partial charge in [-0.05, 0) is 58.2 Å². The fraction of sp³-hybridized carbons (Fsp3) is 0.355. The molecule has 3 aromatic carbocycles. The summed E-state index contributed by atoms with van der Waals surface area (Å²) < 4.78 is 15.9. The third kappa shape index (κ3) is 5.56. The summed E-state index contributed by atoms with van der Waals surface area (Å²) in [5.41, 5.74) is 5.82. The zero-order valence-electron chi connectivity index (χ0n) is 23.1. The topological polar surface area (TPSA) is 67.8 Å². The van der Waals surface area contributed by atoms with Gasteiger partial charge in [0.25, 0.3) is 0 Å². The van der Waals surface area contributed by atoms with Gasteiger partial charge in [0.15, 0.2) is 5.78 Å². The van der Waals surface area contributed by atoms with Crippen molar-refractivity contribution in [2.24, 2.45) is 0 Å². The van der Waals surface area contributed by atoms with Crippen LogP contribution in [0.4, 0.5) is 0 Å². The monoisotopic (exact) mass is 625 g/mol. The van der Waals surface area contributed by atoms with E-state index in [2.05, 4.69) is 46.8 Å². The first-order valence-electron chi connectivity index (χ1n) is 13.0. The third-order valence-corrected chi connectivity index (χ3v) is 10.8. The van der Waals surface area contributed by atoms with Gasteiger partial charge in [-0.25, -0.2) is 4.21 Å². The van der Waals surface area contributed by atoms with Crippen LogP contribution in [0.15, 0.2) is 71.6 Å². The smallest absolute Gasteiger partial charge is 0.203 e. The highest BCUT2D eigenvalue weighted by Crippen LogP contribution is 2.42. The molecule has 0 radical (unpaired) electrons. The highest BCUT2D eigenvalue weighted by atomic mass is 79.9. The SMILES string of the molecule is Br.CC(C)(C)c1cc(C(=O)Cn2c(=N)n(Cc3ccccc3)c3ccccc32)cc2c1S(=S=O)CCC2(C)C. The summed E-state index contributed by atoms with van der Waals surface area (Å²) in [7, 11) is 0.286. The Labute approximate surface area is 246 Å².